The van der Waals surface area contributed by atoms with Crippen LogP contribution in [0.5, 0.6) is 0 Å². The lowest BCUT2D eigenvalue weighted by atomic mass is 9.88. The van der Waals surface area contributed by atoms with E-state index in [0.717, 1.165) is 10.0 Å². The minimum atomic E-state index is -0.800. The van der Waals surface area contributed by atoms with Gasteiger partial charge in [-0.1, -0.05) is 58.4 Å². The van der Waals surface area contributed by atoms with Crippen molar-refractivity contribution in [3.8, 4) is 0 Å². The standard InChI is InChI=1S/C18H19BrClNO2/c1-2-18(10-4-3-5-11-18)21(17(23)12-20)13-16(22)14-6-8-15(19)9-7-14/h2-10,16,22H,1,11-13H2/t16?,18-/m1/s1. The maximum Gasteiger partial charge on any atom is 0.238 e. The van der Waals surface area contributed by atoms with E-state index in [0.29, 0.717) is 6.42 Å². The summed E-state index contributed by atoms with van der Waals surface area (Å²) in [4.78, 5) is 14.0. The van der Waals surface area contributed by atoms with Crippen LogP contribution < -0.4 is 0 Å². The van der Waals surface area contributed by atoms with Gasteiger partial charge in [-0.25, -0.2) is 0 Å². The van der Waals surface area contributed by atoms with E-state index >= 15 is 0 Å². The summed E-state index contributed by atoms with van der Waals surface area (Å²) in [6.07, 6.45) is 9.24. The van der Waals surface area contributed by atoms with Crippen LogP contribution in [0.25, 0.3) is 0 Å². The third-order valence-electron chi connectivity index (χ3n) is 3.96. The van der Waals surface area contributed by atoms with E-state index in [4.69, 9.17) is 11.6 Å². The molecule has 0 saturated heterocycles. The predicted molar refractivity (Wildman–Crippen MR) is 97.4 cm³/mol. The van der Waals surface area contributed by atoms with Gasteiger partial charge in [0.25, 0.3) is 0 Å². The van der Waals surface area contributed by atoms with Gasteiger partial charge in [-0.3, -0.25) is 4.79 Å². The van der Waals surface area contributed by atoms with Crippen molar-refractivity contribution in [2.24, 2.45) is 0 Å². The van der Waals surface area contributed by atoms with Crippen LogP contribution in [0.3, 0.4) is 0 Å². The van der Waals surface area contributed by atoms with Crippen LogP contribution in [-0.4, -0.2) is 33.9 Å². The molecule has 1 aliphatic carbocycles. The molecule has 2 atom stereocenters. The molecule has 0 aromatic heterocycles. The number of hydrogen-bond acceptors (Lipinski definition) is 2. The average Bonchev–Trinajstić information content (AvgIpc) is 2.60. The molecule has 2 rings (SSSR count). The summed E-state index contributed by atoms with van der Waals surface area (Å²) in [7, 11) is 0. The zero-order valence-corrected chi connectivity index (χ0v) is 15.0. The highest BCUT2D eigenvalue weighted by molar-refractivity contribution is 9.10. The number of aliphatic hydroxyl groups is 1. The van der Waals surface area contributed by atoms with Gasteiger partial charge in [-0.05, 0) is 24.1 Å². The van der Waals surface area contributed by atoms with Crippen molar-refractivity contribution in [2.45, 2.75) is 18.1 Å². The Labute approximate surface area is 150 Å². The second kappa shape index (κ2) is 7.95. The van der Waals surface area contributed by atoms with Crippen LogP contribution in [0, 0.1) is 0 Å². The number of alkyl halides is 1. The van der Waals surface area contributed by atoms with Crippen LogP contribution in [-0.2, 0) is 4.79 Å². The largest absolute Gasteiger partial charge is 0.387 e. The van der Waals surface area contributed by atoms with E-state index in [1.165, 1.54) is 0 Å². The Hall–Kier alpha value is -1.36. The molecule has 5 heteroatoms. The Morgan fingerprint density at radius 3 is 2.65 bits per heavy atom. The molecular formula is C18H19BrClNO2. The Kier molecular flexibility index (Phi) is 6.22. The van der Waals surface area contributed by atoms with Crippen molar-refractivity contribution in [3.05, 3.63) is 71.3 Å². The SMILES string of the molecule is C=C[C@@]1(N(CC(O)c2ccc(Br)cc2)C(=O)CCl)C=CC=CC1. The number of β-amino-alcohol motifs (C(OH)–C–C–N with tert-alkyl or cyclic N) is 1. The molecule has 1 aliphatic rings. The fraction of sp³-hybridized carbons (Fsp3) is 0.278. The molecule has 1 aromatic rings. The Bertz CT molecular complexity index is 626. The Morgan fingerprint density at radius 1 is 1.43 bits per heavy atom. The van der Waals surface area contributed by atoms with Gasteiger partial charge >= 0.3 is 0 Å². The number of aliphatic hydroxyl groups excluding tert-OH is 1. The molecule has 1 aromatic carbocycles. The maximum absolute atomic E-state index is 12.4. The summed E-state index contributed by atoms with van der Waals surface area (Å²) < 4.78 is 0.935. The van der Waals surface area contributed by atoms with Crippen LogP contribution >= 0.6 is 27.5 Å². The average molecular weight is 397 g/mol. The lowest BCUT2D eigenvalue weighted by Crippen LogP contribution is -2.51. The number of amides is 1. The van der Waals surface area contributed by atoms with Gasteiger partial charge in [0.15, 0.2) is 0 Å². The van der Waals surface area contributed by atoms with Crippen molar-refractivity contribution in [2.75, 3.05) is 12.4 Å². The lowest BCUT2D eigenvalue weighted by Gasteiger charge is -2.41. The number of carbonyl (C=O) groups is 1. The molecule has 0 saturated carbocycles. The van der Waals surface area contributed by atoms with E-state index in [2.05, 4.69) is 22.5 Å². The summed E-state index contributed by atoms with van der Waals surface area (Å²) in [5.74, 6) is -0.372. The third-order valence-corrected chi connectivity index (χ3v) is 4.72. The Morgan fingerprint density at radius 2 is 2.13 bits per heavy atom. The van der Waals surface area contributed by atoms with Crippen LogP contribution in [0.4, 0.5) is 0 Å². The molecule has 0 heterocycles. The first kappa shape index (κ1) is 18.0. The zero-order valence-electron chi connectivity index (χ0n) is 12.7. The molecule has 0 aliphatic heterocycles. The summed E-state index contributed by atoms with van der Waals surface area (Å²) in [5, 5.41) is 10.5. The van der Waals surface area contributed by atoms with E-state index in [9.17, 15) is 9.90 Å². The van der Waals surface area contributed by atoms with Gasteiger partial charge in [-0.2, -0.15) is 0 Å². The molecule has 0 radical (unpaired) electrons. The second-order valence-electron chi connectivity index (χ2n) is 5.39. The van der Waals surface area contributed by atoms with Crippen molar-refractivity contribution >= 4 is 33.4 Å². The number of benzene rings is 1. The summed E-state index contributed by atoms with van der Waals surface area (Å²) in [6, 6.07) is 7.38. The van der Waals surface area contributed by atoms with E-state index in [-0.39, 0.29) is 18.3 Å². The predicted octanol–water partition coefficient (Wildman–Crippen LogP) is 3.99. The van der Waals surface area contributed by atoms with E-state index < -0.39 is 11.6 Å². The first-order chi connectivity index (χ1) is 11.0. The first-order valence-corrected chi connectivity index (χ1v) is 8.63. The number of halogens is 2. The molecule has 1 unspecified atom stereocenters. The van der Waals surface area contributed by atoms with Gasteiger partial charge in [0.1, 0.15) is 5.88 Å². The van der Waals surface area contributed by atoms with Gasteiger partial charge in [-0.15, -0.1) is 18.2 Å². The van der Waals surface area contributed by atoms with Crippen LogP contribution in [0.2, 0.25) is 0 Å². The number of carbonyl (C=O) groups excluding carboxylic acids is 1. The van der Waals surface area contributed by atoms with Gasteiger partial charge in [0.05, 0.1) is 18.2 Å². The number of rotatable bonds is 6. The molecule has 3 nitrogen and oxygen atoms in total. The maximum atomic E-state index is 12.4. The monoisotopic (exact) mass is 395 g/mol. The van der Waals surface area contributed by atoms with Gasteiger partial charge in [0.2, 0.25) is 5.91 Å². The molecule has 122 valence electrons. The molecule has 0 spiro atoms. The summed E-state index contributed by atoms with van der Waals surface area (Å²) in [5.41, 5.74) is 0.0898. The van der Waals surface area contributed by atoms with Crippen molar-refractivity contribution < 1.29 is 9.90 Å². The Balaban J connectivity index is 2.27. The van der Waals surface area contributed by atoms with Crippen molar-refractivity contribution in [1.82, 2.24) is 4.90 Å². The highest BCUT2D eigenvalue weighted by Crippen LogP contribution is 2.30. The van der Waals surface area contributed by atoms with E-state index in [1.54, 1.807) is 11.0 Å². The highest BCUT2D eigenvalue weighted by atomic mass is 79.9. The minimum absolute atomic E-state index is 0.139. The number of allylic oxidation sites excluding steroid dienone is 2. The molecule has 23 heavy (non-hydrogen) atoms. The smallest absolute Gasteiger partial charge is 0.238 e. The van der Waals surface area contributed by atoms with Crippen LogP contribution in [0.15, 0.2) is 65.7 Å². The normalized spacial score (nSPS) is 21.0. The first-order valence-electron chi connectivity index (χ1n) is 7.30. The van der Waals surface area contributed by atoms with Gasteiger partial charge < -0.3 is 10.0 Å². The molecule has 0 bridgehead atoms. The fourth-order valence-electron chi connectivity index (χ4n) is 2.63. The second-order valence-corrected chi connectivity index (χ2v) is 6.58. The summed E-state index contributed by atoms with van der Waals surface area (Å²) in [6.45, 7) is 4.03. The highest BCUT2D eigenvalue weighted by Gasteiger charge is 2.35. The zero-order chi connectivity index (χ0) is 16.9. The minimum Gasteiger partial charge on any atom is -0.387 e. The molecule has 1 N–H and O–H groups in total. The summed E-state index contributed by atoms with van der Waals surface area (Å²) >= 11 is 9.15. The third kappa shape index (κ3) is 4.14. The fourth-order valence-corrected chi connectivity index (χ4v) is 3.04. The lowest BCUT2D eigenvalue weighted by molar-refractivity contribution is -0.133. The van der Waals surface area contributed by atoms with E-state index in [1.807, 2.05) is 48.6 Å². The van der Waals surface area contributed by atoms with Crippen molar-refractivity contribution in [1.29, 1.82) is 0 Å². The number of hydrogen-bond donors (Lipinski definition) is 1. The number of nitrogens with zero attached hydrogens (tertiary/aromatic N) is 1. The quantitative estimate of drug-likeness (QED) is 0.583. The topological polar surface area (TPSA) is 40.5 Å². The molecule has 0 fully saturated rings. The van der Waals surface area contributed by atoms with Crippen molar-refractivity contribution in [3.63, 3.8) is 0 Å². The van der Waals surface area contributed by atoms with Crippen LogP contribution in [0.1, 0.15) is 18.1 Å². The van der Waals surface area contributed by atoms with Gasteiger partial charge in [0, 0.05) is 4.47 Å². The molecule has 1 amide bonds. The molecular weight excluding hydrogens is 378 g/mol.